The summed E-state index contributed by atoms with van der Waals surface area (Å²) in [7, 11) is 3.06. The van der Waals surface area contributed by atoms with Gasteiger partial charge in [0.25, 0.3) is 0 Å². The van der Waals surface area contributed by atoms with Gasteiger partial charge in [-0.15, -0.1) is 0 Å². The number of nitrogens with one attached hydrogen (secondary N) is 3. The van der Waals surface area contributed by atoms with Crippen LogP contribution in [0.5, 0.6) is 0 Å². The minimum atomic E-state index is -0.696. The van der Waals surface area contributed by atoms with Crippen LogP contribution in [-0.2, 0) is 24.5 Å². The molecule has 3 aliphatic heterocycles. The minimum absolute atomic E-state index is 0.0585. The molecule has 3 fully saturated rings. The zero-order chi connectivity index (χ0) is 43.9. The van der Waals surface area contributed by atoms with Crippen LogP contribution in [0.3, 0.4) is 0 Å². The maximum atomic E-state index is 13.9. The summed E-state index contributed by atoms with van der Waals surface area (Å²) in [5.74, 6) is 1.64. The van der Waals surface area contributed by atoms with Crippen LogP contribution in [0.1, 0.15) is 133 Å². The Hall–Kier alpha value is -5.43. The number of fused-ring (bicyclic) bond motifs is 2. The highest BCUT2D eigenvalue weighted by Crippen LogP contribution is 2.48. The van der Waals surface area contributed by atoms with E-state index >= 15 is 0 Å². The van der Waals surface area contributed by atoms with Gasteiger partial charge in [-0.3, -0.25) is 9.59 Å². The van der Waals surface area contributed by atoms with E-state index in [1.165, 1.54) is 23.8 Å². The number of imidazole rings is 2. The lowest BCUT2D eigenvalue weighted by Crippen LogP contribution is -2.51. The number of ether oxygens (including phenoxy) is 2. The number of H-pyrrole nitrogens is 2. The number of alkyl carbamates (subject to hydrolysis) is 1. The zero-order valence-corrected chi connectivity index (χ0v) is 37.5. The van der Waals surface area contributed by atoms with Crippen LogP contribution in [0.15, 0.2) is 60.7 Å². The first kappa shape index (κ1) is 43.2. The Morgan fingerprint density at radius 1 is 0.774 bits per heavy atom. The van der Waals surface area contributed by atoms with E-state index < -0.39 is 12.1 Å². The van der Waals surface area contributed by atoms with Crippen LogP contribution < -0.4 is 10.2 Å². The van der Waals surface area contributed by atoms with E-state index in [-0.39, 0.29) is 53.2 Å². The normalized spacial score (nSPS) is 21.2. The SMILES string of the molecule is COCC(C)(C)c1ccc(N2[C@@H](c3ccc4[nH]c([C@@H]5CCCN5C(=O)[C@@H](NC(=O)OC)C(C)C)nc4c3)CC[C@@H]2c2ccc3nc([C@@H]4CCCN4C(=O)[CH]C(C)C)[nH]c3c2)cc1. The number of carbonyl (C=O) groups excluding carboxylic acids is 3. The maximum Gasteiger partial charge on any atom is 0.407 e. The van der Waals surface area contributed by atoms with E-state index in [2.05, 4.69) is 94.7 Å². The number of nitrogens with zero attached hydrogens (tertiary/aromatic N) is 5. The van der Waals surface area contributed by atoms with Crippen molar-refractivity contribution >= 4 is 45.7 Å². The van der Waals surface area contributed by atoms with Gasteiger partial charge < -0.3 is 39.5 Å². The third-order valence-corrected chi connectivity index (χ3v) is 13.2. The molecule has 3 aromatic carbocycles. The van der Waals surface area contributed by atoms with Crippen molar-refractivity contribution in [2.24, 2.45) is 11.8 Å². The van der Waals surface area contributed by atoms with Crippen molar-refractivity contribution < 1.29 is 23.9 Å². The molecule has 5 atom stereocenters. The standard InChI is InChI=1S/C49H63N8O5/c1-29(2)25-43(58)55-23-9-11-41(55)45-50-35-19-13-31(26-37(35)52-45)39-21-22-40(57(39)34-17-15-33(16-18-34)49(5,6)28-61-7)32-14-20-36-38(27-32)53-46(51-36)42-12-10-24-56(42)47(59)44(30(3)4)54-48(60)62-8/h13-20,25-27,29-30,39-42,44H,9-12,21-24,28H2,1-8H3,(H,50,52)(H,51,53)(H,54,60)/t39-,40-,41+,42+,44+/m1/s1. The van der Waals surface area contributed by atoms with Crippen LogP contribution in [0.4, 0.5) is 10.5 Å². The molecule has 0 aliphatic carbocycles. The number of anilines is 1. The predicted octanol–water partition coefficient (Wildman–Crippen LogP) is 9.01. The summed E-state index contributed by atoms with van der Waals surface area (Å²) >= 11 is 0. The first-order valence-corrected chi connectivity index (χ1v) is 22.4. The number of hydrogen-bond donors (Lipinski definition) is 3. The second-order valence-electron chi connectivity index (χ2n) is 18.8. The van der Waals surface area contributed by atoms with Gasteiger partial charge in [-0.25, -0.2) is 14.8 Å². The molecule has 0 saturated carbocycles. The summed E-state index contributed by atoms with van der Waals surface area (Å²) < 4.78 is 10.4. The fraction of sp³-hybridized carbons (Fsp3) is 0.510. The number of rotatable bonds is 13. The van der Waals surface area contributed by atoms with E-state index in [0.717, 1.165) is 84.5 Å². The molecule has 8 rings (SSSR count). The molecule has 0 spiro atoms. The Bertz CT molecular complexity index is 2400. The van der Waals surface area contributed by atoms with E-state index in [1.807, 2.05) is 37.5 Å². The van der Waals surface area contributed by atoms with E-state index in [0.29, 0.717) is 13.2 Å². The largest absolute Gasteiger partial charge is 0.453 e. The van der Waals surface area contributed by atoms with Crippen LogP contribution in [-0.4, -0.2) is 87.6 Å². The number of hydrogen-bond acceptors (Lipinski definition) is 8. The molecule has 0 unspecified atom stereocenters. The molecule has 5 aromatic rings. The zero-order valence-electron chi connectivity index (χ0n) is 37.5. The lowest BCUT2D eigenvalue weighted by molar-refractivity contribution is -0.135. The Morgan fingerprint density at radius 3 is 2.03 bits per heavy atom. The van der Waals surface area contributed by atoms with Gasteiger partial charge >= 0.3 is 6.09 Å². The molecule has 329 valence electrons. The highest BCUT2D eigenvalue weighted by Gasteiger charge is 2.39. The minimum Gasteiger partial charge on any atom is -0.453 e. The number of likely N-dealkylation sites (tertiary alicyclic amines) is 2. The molecular weight excluding hydrogens is 781 g/mol. The molecule has 62 heavy (non-hydrogen) atoms. The van der Waals surface area contributed by atoms with Crippen LogP contribution in [0.25, 0.3) is 22.1 Å². The Kier molecular flexibility index (Phi) is 12.4. The molecule has 1 radical (unpaired) electrons. The van der Waals surface area contributed by atoms with Gasteiger partial charge in [-0.05, 0) is 103 Å². The Morgan fingerprint density at radius 2 is 1.39 bits per heavy atom. The molecule has 2 aromatic heterocycles. The van der Waals surface area contributed by atoms with Gasteiger partial charge in [0.1, 0.15) is 17.7 Å². The molecule has 3 amide bonds. The fourth-order valence-electron chi connectivity index (χ4n) is 10.1. The maximum absolute atomic E-state index is 13.9. The molecular formula is C49H63N8O5. The Balaban J connectivity index is 1.10. The molecule has 3 saturated heterocycles. The highest BCUT2D eigenvalue weighted by atomic mass is 16.5. The van der Waals surface area contributed by atoms with Crippen molar-refractivity contribution in [1.29, 1.82) is 0 Å². The van der Waals surface area contributed by atoms with Crippen molar-refractivity contribution in [3.8, 4) is 0 Å². The van der Waals surface area contributed by atoms with Crippen molar-refractivity contribution in [3.63, 3.8) is 0 Å². The first-order chi connectivity index (χ1) is 29.8. The third kappa shape index (κ3) is 8.52. The number of aromatic nitrogens is 4. The van der Waals surface area contributed by atoms with E-state index in [9.17, 15) is 14.4 Å². The number of amides is 3. The van der Waals surface area contributed by atoms with Crippen LogP contribution in [0, 0.1) is 18.3 Å². The topological polar surface area (TPSA) is 149 Å². The number of methoxy groups -OCH3 is 2. The smallest absolute Gasteiger partial charge is 0.407 e. The summed E-state index contributed by atoms with van der Waals surface area (Å²) in [6, 6.07) is 21.3. The highest BCUT2D eigenvalue weighted by molar-refractivity contribution is 5.87. The number of aromatic amines is 2. The molecule has 13 nitrogen and oxygen atoms in total. The van der Waals surface area contributed by atoms with Crippen molar-refractivity contribution in [2.45, 2.75) is 116 Å². The second-order valence-corrected chi connectivity index (χ2v) is 18.8. The van der Waals surface area contributed by atoms with Crippen molar-refractivity contribution in [3.05, 3.63) is 95.4 Å². The lowest BCUT2D eigenvalue weighted by atomic mass is 9.85. The molecule has 5 heterocycles. The lowest BCUT2D eigenvalue weighted by Gasteiger charge is -2.34. The van der Waals surface area contributed by atoms with Crippen molar-refractivity contribution in [1.82, 2.24) is 35.1 Å². The van der Waals surface area contributed by atoms with Gasteiger partial charge in [-0.2, -0.15) is 0 Å². The molecule has 3 N–H and O–H groups in total. The van der Waals surface area contributed by atoms with Crippen molar-refractivity contribution in [2.75, 3.05) is 38.8 Å². The Labute approximate surface area is 365 Å². The average Bonchev–Trinajstić information content (AvgIpc) is 4.10. The fourth-order valence-corrected chi connectivity index (χ4v) is 10.1. The molecule has 13 heteroatoms. The van der Waals surface area contributed by atoms with Gasteiger partial charge in [0.05, 0.1) is 66.4 Å². The molecule has 0 bridgehead atoms. The van der Waals surface area contributed by atoms with Gasteiger partial charge in [0.2, 0.25) is 11.8 Å². The van der Waals surface area contributed by atoms with Crippen LogP contribution >= 0.6 is 0 Å². The summed E-state index contributed by atoms with van der Waals surface area (Å²) in [6.07, 6.45) is 6.57. The van der Waals surface area contributed by atoms with Gasteiger partial charge in [0, 0.05) is 31.3 Å². The number of benzene rings is 3. The first-order valence-electron chi connectivity index (χ1n) is 22.4. The van der Waals surface area contributed by atoms with Gasteiger partial charge in [-0.1, -0.05) is 65.8 Å². The quantitative estimate of drug-likeness (QED) is 0.106. The summed E-state index contributed by atoms with van der Waals surface area (Å²) in [4.78, 5) is 62.9. The molecule has 3 aliphatic rings. The van der Waals surface area contributed by atoms with E-state index in [4.69, 9.17) is 19.4 Å². The number of carbonyl (C=O) groups is 3. The second kappa shape index (κ2) is 17.7. The summed E-state index contributed by atoms with van der Waals surface area (Å²) in [5.41, 5.74) is 8.29. The monoisotopic (exact) mass is 843 g/mol. The summed E-state index contributed by atoms with van der Waals surface area (Å²) in [6.45, 7) is 14.3. The predicted molar refractivity (Wildman–Crippen MR) is 241 cm³/mol. The van der Waals surface area contributed by atoms with Gasteiger partial charge in [0.15, 0.2) is 0 Å². The third-order valence-electron chi connectivity index (χ3n) is 13.2. The van der Waals surface area contributed by atoms with Crippen LogP contribution in [0.2, 0.25) is 0 Å². The van der Waals surface area contributed by atoms with E-state index in [1.54, 1.807) is 13.5 Å². The average molecular weight is 844 g/mol. The summed E-state index contributed by atoms with van der Waals surface area (Å²) in [5, 5.41) is 2.75.